The standard InChI is InChI=1S/C13H14N2O2/c1-4-5-11-12(14-9(3)16)7-6-10-8(2)15-17-13(10)11/h4,6-7H,1,5H2,2-3H3,(H,14,16). The number of benzene rings is 1. The Morgan fingerprint density at radius 1 is 1.59 bits per heavy atom. The average Bonchev–Trinajstić information content (AvgIpc) is 2.64. The number of hydrogen-bond donors (Lipinski definition) is 1. The number of aromatic nitrogens is 1. The average molecular weight is 230 g/mol. The Hall–Kier alpha value is -2.10. The maximum absolute atomic E-state index is 11.1. The summed E-state index contributed by atoms with van der Waals surface area (Å²) in [6, 6.07) is 3.77. The molecular weight excluding hydrogens is 216 g/mol. The summed E-state index contributed by atoms with van der Waals surface area (Å²) < 4.78 is 5.31. The van der Waals surface area contributed by atoms with E-state index in [1.807, 2.05) is 19.1 Å². The molecule has 0 aliphatic carbocycles. The van der Waals surface area contributed by atoms with Crippen molar-refractivity contribution in [2.24, 2.45) is 0 Å². The summed E-state index contributed by atoms with van der Waals surface area (Å²) in [6.45, 7) is 7.09. The molecule has 0 atom stereocenters. The molecule has 0 radical (unpaired) electrons. The zero-order valence-electron chi connectivity index (χ0n) is 9.91. The van der Waals surface area contributed by atoms with E-state index in [0.717, 1.165) is 22.3 Å². The van der Waals surface area contributed by atoms with Crippen LogP contribution in [-0.4, -0.2) is 11.1 Å². The van der Waals surface area contributed by atoms with Gasteiger partial charge in [-0.2, -0.15) is 0 Å². The number of aryl methyl sites for hydroxylation is 1. The van der Waals surface area contributed by atoms with Crippen molar-refractivity contribution in [3.8, 4) is 0 Å². The molecule has 0 saturated heterocycles. The Kier molecular flexibility index (Phi) is 2.95. The number of allylic oxidation sites excluding steroid dienone is 1. The molecule has 88 valence electrons. The number of carbonyl (C=O) groups excluding carboxylic acids is 1. The van der Waals surface area contributed by atoms with Gasteiger partial charge in [0.25, 0.3) is 0 Å². The minimum Gasteiger partial charge on any atom is -0.356 e. The fraction of sp³-hybridized carbons (Fsp3) is 0.231. The van der Waals surface area contributed by atoms with Crippen LogP contribution < -0.4 is 5.32 Å². The van der Waals surface area contributed by atoms with Gasteiger partial charge in [0.05, 0.1) is 5.69 Å². The first-order valence-electron chi connectivity index (χ1n) is 5.40. The highest BCUT2D eigenvalue weighted by Gasteiger charge is 2.13. The van der Waals surface area contributed by atoms with Crippen LogP contribution in [0.2, 0.25) is 0 Å². The first-order valence-corrected chi connectivity index (χ1v) is 5.40. The van der Waals surface area contributed by atoms with Crippen LogP contribution in [0.1, 0.15) is 18.2 Å². The summed E-state index contributed by atoms with van der Waals surface area (Å²) in [5.41, 5.74) is 3.22. The van der Waals surface area contributed by atoms with Crippen LogP contribution in [0.25, 0.3) is 11.0 Å². The molecule has 0 bridgehead atoms. The third-order valence-electron chi connectivity index (χ3n) is 2.58. The van der Waals surface area contributed by atoms with E-state index in [0.29, 0.717) is 12.0 Å². The van der Waals surface area contributed by atoms with E-state index in [1.165, 1.54) is 6.92 Å². The molecule has 1 aromatic heterocycles. The third kappa shape index (κ3) is 2.06. The van der Waals surface area contributed by atoms with Crippen molar-refractivity contribution >= 4 is 22.6 Å². The minimum atomic E-state index is -0.106. The lowest BCUT2D eigenvalue weighted by molar-refractivity contribution is -0.114. The van der Waals surface area contributed by atoms with Crippen LogP contribution in [0, 0.1) is 6.92 Å². The Morgan fingerprint density at radius 2 is 2.35 bits per heavy atom. The van der Waals surface area contributed by atoms with E-state index in [9.17, 15) is 4.79 Å². The summed E-state index contributed by atoms with van der Waals surface area (Å²) >= 11 is 0. The number of rotatable bonds is 3. The Morgan fingerprint density at radius 3 is 3.00 bits per heavy atom. The second-order valence-electron chi connectivity index (χ2n) is 3.91. The SMILES string of the molecule is C=CCc1c(NC(C)=O)ccc2c(C)noc12. The van der Waals surface area contributed by atoms with Crippen molar-refractivity contribution in [1.29, 1.82) is 0 Å². The minimum absolute atomic E-state index is 0.106. The van der Waals surface area contributed by atoms with E-state index >= 15 is 0 Å². The summed E-state index contributed by atoms with van der Waals surface area (Å²) in [5, 5.41) is 7.69. The van der Waals surface area contributed by atoms with E-state index in [-0.39, 0.29) is 5.91 Å². The summed E-state index contributed by atoms with van der Waals surface area (Å²) in [4.78, 5) is 11.1. The topological polar surface area (TPSA) is 55.1 Å². The molecule has 2 aromatic rings. The predicted octanol–water partition coefficient (Wildman–Crippen LogP) is 2.82. The van der Waals surface area contributed by atoms with E-state index in [1.54, 1.807) is 6.08 Å². The van der Waals surface area contributed by atoms with Gasteiger partial charge in [-0.1, -0.05) is 11.2 Å². The van der Waals surface area contributed by atoms with Crippen molar-refractivity contribution in [2.45, 2.75) is 20.3 Å². The van der Waals surface area contributed by atoms with Gasteiger partial charge in [-0.3, -0.25) is 4.79 Å². The van der Waals surface area contributed by atoms with Crippen LogP contribution in [-0.2, 0) is 11.2 Å². The van der Waals surface area contributed by atoms with Gasteiger partial charge in [-0.15, -0.1) is 6.58 Å². The fourth-order valence-electron chi connectivity index (χ4n) is 1.83. The molecule has 0 aliphatic heterocycles. The Balaban J connectivity index is 2.63. The molecule has 0 unspecified atom stereocenters. The zero-order valence-corrected chi connectivity index (χ0v) is 9.91. The van der Waals surface area contributed by atoms with E-state index in [2.05, 4.69) is 17.1 Å². The lowest BCUT2D eigenvalue weighted by atomic mass is 10.1. The molecule has 2 rings (SSSR count). The first-order chi connectivity index (χ1) is 8.13. The fourth-order valence-corrected chi connectivity index (χ4v) is 1.83. The van der Waals surface area contributed by atoms with Crippen LogP contribution in [0.4, 0.5) is 5.69 Å². The van der Waals surface area contributed by atoms with Crippen LogP contribution in [0.5, 0.6) is 0 Å². The molecule has 0 saturated carbocycles. The molecule has 0 spiro atoms. The van der Waals surface area contributed by atoms with Gasteiger partial charge in [0.1, 0.15) is 0 Å². The normalized spacial score (nSPS) is 10.5. The van der Waals surface area contributed by atoms with Crippen molar-refractivity contribution < 1.29 is 9.32 Å². The van der Waals surface area contributed by atoms with Gasteiger partial charge in [0.2, 0.25) is 5.91 Å². The molecule has 1 heterocycles. The lowest BCUT2D eigenvalue weighted by Crippen LogP contribution is -2.08. The number of anilines is 1. The van der Waals surface area contributed by atoms with Gasteiger partial charge in [0.15, 0.2) is 5.58 Å². The number of carbonyl (C=O) groups is 1. The summed E-state index contributed by atoms with van der Waals surface area (Å²) in [6.07, 6.45) is 2.40. The van der Waals surface area contributed by atoms with Crippen LogP contribution in [0.15, 0.2) is 29.3 Å². The van der Waals surface area contributed by atoms with Gasteiger partial charge in [-0.25, -0.2) is 0 Å². The molecule has 1 amide bonds. The molecule has 4 heteroatoms. The summed E-state index contributed by atoms with van der Waals surface area (Å²) in [7, 11) is 0. The van der Waals surface area contributed by atoms with Crippen LogP contribution >= 0.6 is 0 Å². The molecule has 17 heavy (non-hydrogen) atoms. The molecule has 1 N–H and O–H groups in total. The van der Waals surface area contributed by atoms with Gasteiger partial charge < -0.3 is 9.84 Å². The number of nitrogens with one attached hydrogen (secondary N) is 1. The Bertz CT molecular complexity index is 584. The molecule has 0 fully saturated rings. The van der Waals surface area contributed by atoms with Crippen LogP contribution in [0.3, 0.4) is 0 Å². The second-order valence-corrected chi connectivity index (χ2v) is 3.91. The molecule has 1 aromatic carbocycles. The molecular formula is C13H14N2O2. The highest BCUT2D eigenvalue weighted by molar-refractivity contribution is 5.94. The van der Waals surface area contributed by atoms with E-state index < -0.39 is 0 Å². The quantitative estimate of drug-likeness (QED) is 0.825. The maximum atomic E-state index is 11.1. The molecule has 4 nitrogen and oxygen atoms in total. The maximum Gasteiger partial charge on any atom is 0.221 e. The Labute approximate surface area is 99.3 Å². The smallest absolute Gasteiger partial charge is 0.221 e. The van der Waals surface area contributed by atoms with Crippen molar-refractivity contribution in [3.63, 3.8) is 0 Å². The number of hydrogen-bond acceptors (Lipinski definition) is 3. The predicted molar refractivity (Wildman–Crippen MR) is 67.0 cm³/mol. The molecule has 0 aliphatic rings. The van der Waals surface area contributed by atoms with Crippen molar-refractivity contribution in [2.75, 3.05) is 5.32 Å². The third-order valence-corrected chi connectivity index (χ3v) is 2.58. The van der Waals surface area contributed by atoms with Gasteiger partial charge in [-0.05, 0) is 25.5 Å². The van der Waals surface area contributed by atoms with E-state index in [4.69, 9.17) is 4.52 Å². The lowest BCUT2D eigenvalue weighted by Gasteiger charge is -2.08. The largest absolute Gasteiger partial charge is 0.356 e. The monoisotopic (exact) mass is 230 g/mol. The number of fused-ring (bicyclic) bond motifs is 1. The summed E-state index contributed by atoms with van der Waals surface area (Å²) in [5.74, 6) is -0.106. The second kappa shape index (κ2) is 4.41. The zero-order chi connectivity index (χ0) is 12.4. The number of nitrogens with zero attached hydrogens (tertiary/aromatic N) is 1. The van der Waals surface area contributed by atoms with Gasteiger partial charge >= 0.3 is 0 Å². The highest BCUT2D eigenvalue weighted by atomic mass is 16.5. The van der Waals surface area contributed by atoms with Crippen molar-refractivity contribution in [3.05, 3.63) is 36.0 Å². The van der Waals surface area contributed by atoms with Gasteiger partial charge in [0, 0.05) is 23.6 Å². The van der Waals surface area contributed by atoms with Crippen molar-refractivity contribution in [1.82, 2.24) is 5.16 Å². The highest BCUT2D eigenvalue weighted by Crippen LogP contribution is 2.28. The first kappa shape index (κ1) is 11.4. The number of amides is 1.